The Morgan fingerprint density at radius 1 is 0.580 bits per heavy atom. The van der Waals surface area contributed by atoms with Gasteiger partial charge in [0.1, 0.15) is 0 Å². The predicted octanol–water partition coefficient (Wildman–Crippen LogP) is 7.03. The molecule has 4 heterocycles. The monoisotopic (exact) mass is 662 g/mol. The van der Waals surface area contributed by atoms with Gasteiger partial charge in [0.05, 0.1) is 12.4 Å². The Kier molecular flexibility index (Phi) is 9.35. The second kappa shape index (κ2) is 14.2. The van der Waals surface area contributed by atoms with E-state index in [1.54, 1.807) is 12.4 Å². The van der Waals surface area contributed by atoms with Gasteiger partial charge in [-0.05, 0) is 136 Å². The first kappa shape index (κ1) is 33.0. The van der Waals surface area contributed by atoms with Crippen molar-refractivity contribution in [3.8, 4) is 11.6 Å². The Morgan fingerprint density at radius 3 is 1.40 bits per heavy atom. The van der Waals surface area contributed by atoms with Crippen molar-refractivity contribution in [2.45, 2.75) is 78.1 Å². The maximum absolute atomic E-state index is 12.8. The van der Waals surface area contributed by atoms with Crippen molar-refractivity contribution in [3.05, 3.63) is 174 Å². The van der Waals surface area contributed by atoms with E-state index in [9.17, 15) is 9.59 Å². The van der Waals surface area contributed by atoms with Crippen LogP contribution in [0.15, 0.2) is 107 Å². The minimum Gasteiger partial charge on any atom is -0.267 e. The Morgan fingerprint density at radius 2 is 1.02 bits per heavy atom. The Bertz CT molecular complexity index is 2110. The second-order valence-corrected chi connectivity index (χ2v) is 13.7. The van der Waals surface area contributed by atoms with Crippen molar-refractivity contribution < 1.29 is 0 Å². The molecule has 0 saturated carbocycles. The van der Waals surface area contributed by atoms with Crippen molar-refractivity contribution in [2.75, 3.05) is 0 Å². The number of benzene rings is 2. The van der Waals surface area contributed by atoms with Crippen LogP contribution in [-0.4, -0.2) is 29.5 Å². The summed E-state index contributed by atoms with van der Waals surface area (Å²) in [5.74, 6) is 2.07. The lowest BCUT2D eigenvalue weighted by Gasteiger charge is -2.26. The molecule has 252 valence electrons. The van der Waals surface area contributed by atoms with Crippen LogP contribution in [0.1, 0.15) is 80.3 Å². The first-order valence-corrected chi connectivity index (χ1v) is 17.4. The van der Waals surface area contributed by atoms with E-state index in [1.165, 1.54) is 42.7 Å². The fourth-order valence-electron chi connectivity index (χ4n) is 7.69. The van der Waals surface area contributed by atoms with Gasteiger partial charge in [0.2, 0.25) is 0 Å². The fourth-order valence-corrected chi connectivity index (χ4v) is 7.69. The number of nitrogens with zero attached hydrogens (tertiary/aromatic N) is 6. The zero-order chi connectivity index (χ0) is 34.8. The zero-order valence-corrected chi connectivity index (χ0v) is 29.1. The van der Waals surface area contributed by atoms with Gasteiger partial charge in [-0.1, -0.05) is 59.7 Å². The van der Waals surface area contributed by atoms with E-state index < -0.39 is 0 Å². The van der Waals surface area contributed by atoms with Crippen molar-refractivity contribution >= 4 is 0 Å². The standard InChI is InChI=1S/2C21H21N3O/c2*1-14-6-8-18(15(2)11-14)16-7-9-19-17(12-16)13-23-24(21(19)25)20-5-3-4-10-22-20/h2*3-6,8,10-11,13,16H,7,9,12H2,1-2H3. The molecule has 0 radical (unpaired) electrons. The maximum Gasteiger partial charge on any atom is 0.276 e. The lowest BCUT2D eigenvalue weighted by atomic mass is 9.79. The number of aromatic nitrogens is 6. The maximum atomic E-state index is 12.8. The summed E-state index contributed by atoms with van der Waals surface area (Å²) in [6.07, 6.45) is 12.4. The molecule has 6 aromatic rings. The van der Waals surface area contributed by atoms with E-state index in [1.807, 2.05) is 48.8 Å². The Balaban J connectivity index is 0.000000157. The third kappa shape index (κ3) is 6.70. The molecule has 8 nitrogen and oxygen atoms in total. The highest BCUT2D eigenvalue weighted by atomic mass is 16.1. The molecule has 0 spiro atoms. The summed E-state index contributed by atoms with van der Waals surface area (Å²) < 4.78 is 2.83. The minimum absolute atomic E-state index is 0.0321. The molecule has 2 aliphatic carbocycles. The number of pyridine rings is 2. The fraction of sp³-hybridized carbons (Fsp3) is 0.286. The normalized spacial score (nSPS) is 16.5. The lowest BCUT2D eigenvalue weighted by Crippen LogP contribution is -2.30. The first-order valence-electron chi connectivity index (χ1n) is 17.4. The van der Waals surface area contributed by atoms with Crippen LogP contribution in [0.3, 0.4) is 0 Å². The van der Waals surface area contributed by atoms with Crippen LogP contribution < -0.4 is 11.1 Å². The molecule has 2 atom stereocenters. The van der Waals surface area contributed by atoms with Crippen LogP contribution in [0.5, 0.6) is 0 Å². The topological polar surface area (TPSA) is 95.6 Å². The summed E-state index contributed by atoms with van der Waals surface area (Å²) in [6, 6.07) is 24.3. The highest BCUT2D eigenvalue weighted by molar-refractivity contribution is 5.39. The summed E-state index contributed by atoms with van der Waals surface area (Å²) in [5.41, 5.74) is 11.9. The summed E-state index contributed by atoms with van der Waals surface area (Å²) >= 11 is 0. The average Bonchev–Trinajstić information content (AvgIpc) is 3.13. The molecule has 2 aliphatic rings. The van der Waals surface area contributed by atoms with Gasteiger partial charge in [0.15, 0.2) is 11.6 Å². The smallest absolute Gasteiger partial charge is 0.267 e. The first-order chi connectivity index (χ1) is 24.3. The molecule has 2 aromatic carbocycles. The van der Waals surface area contributed by atoms with Gasteiger partial charge in [-0.15, -0.1) is 0 Å². The van der Waals surface area contributed by atoms with Gasteiger partial charge in [-0.25, -0.2) is 9.97 Å². The van der Waals surface area contributed by atoms with E-state index in [2.05, 4.69) is 84.3 Å². The number of aryl methyl sites for hydroxylation is 4. The molecular weight excluding hydrogens is 621 g/mol. The molecule has 0 bridgehead atoms. The summed E-state index contributed by atoms with van der Waals surface area (Å²) in [6.45, 7) is 8.60. The SMILES string of the molecule is Cc1ccc(C2CCc3c(cnn(-c4ccccn4)c3=O)C2)c(C)c1.Cc1ccc(C2CCc3c(cnn(-c4ccccn4)c3=O)C2)c(C)c1. The Labute approximate surface area is 292 Å². The van der Waals surface area contributed by atoms with Crippen LogP contribution in [0.2, 0.25) is 0 Å². The molecule has 0 aliphatic heterocycles. The van der Waals surface area contributed by atoms with Crippen molar-refractivity contribution in [3.63, 3.8) is 0 Å². The molecule has 50 heavy (non-hydrogen) atoms. The highest BCUT2D eigenvalue weighted by Crippen LogP contribution is 2.34. The predicted molar refractivity (Wildman–Crippen MR) is 197 cm³/mol. The third-order valence-electron chi connectivity index (χ3n) is 10.2. The molecule has 8 rings (SSSR count). The largest absolute Gasteiger partial charge is 0.276 e. The molecule has 0 amide bonds. The quantitative estimate of drug-likeness (QED) is 0.201. The number of hydrogen-bond acceptors (Lipinski definition) is 6. The number of rotatable bonds is 4. The van der Waals surface area contributed by atoms with Crippen LogP contribution in [0.25, 0.3) is 11.6 Å². The summed E-state index contributed by atoms with van der Waals surface area (Å²) in [5, 5.41) is 8.74. The molecule has 2 unspecified atom stereocenters. The van der Waals surface area contributed by atoms with E-state index in [0.29, 0.717) is 23.5 Å². The van der Waals surface area contributed by atoms with Crippen molar-refractivity contribution in [2.24, 2.45) is 0 Å². The van der Waals surface area contributed by atoms with Crippen LogP contribution in [0, 0.1) is 27.7 Å². The average molecular weight is 663 g/mol. The minimum atomic E-state index is -0.0321. The van der Waals surface area contributed by atoms with E-state index >= 15 is 0 Å². The zero-order valence-electron chi connectivity index (χ0n) is 29.1. The molecule has 0 fully saturated rings. The summed E-state index contributed by atoms with van der Waals surface area (Å²) in [4.78, 5) is 34.1. The van der Waals surface area contributed by atoms with Gasteiger partial charge in [0, 0.05) is 23.5 Å². The molecule has 4 aromatic heterocycles. The van der Waals surface area contributed by atoms with Crippen LogP contribution in [-0.2, 0) is 25.7 Å². The molecule has 0 N–H and O–H groups in total. The highest BCUT2D eigenvalue weighted by Gasteiger charge is 2.26. The number of hydrogen-bond donors (Lipinski definition) is 0. The number of fused-ring (bicyclic) bond motifs is 2. The Hall–Kier alpha value is -5.50. The van der Waals surface area contributed by atoms with Gasteiger partial charge in [-0.3, -0.25) is 9.59 Å². The summed E-state index contributed by atoms with van der Waals surface area (Å²) in [7, 11) is 0. The molecule has 8 heteroatoms. The van der Waals surface area contributed by atoms with E-state index in [0.717, 1.165) is 60.8 Å². The van der Waals surface area contributed by atoms with Crippen LogP contribution >= 0.6 is 0 Å². The van der Waals surface area contributed by atoms with E-state index in [4.69, 9.17) is 0 Å². The van der Waals surface area contributed by atoms with E-state index in [-0.39, 0.29) is 11.1 Å². The molecule has 0 saturated heterocycles. The second-order valence-electron chi connectivity index (χ2n) is 13.7. The third-order valence-corrected chi connectivity index (χ3v) is 10.2. The molecular formula is C42H42N6O2. The van der Waals surface area contributed by atoms with Gasteiger partial charge >= 0.3 is 0 Å². The van der Waals surface area contributed by atoms with Gasteiger partial charge < -0.3 is 0 Å². The van der Waals surface area contributed by atoms with Gasteiger partial charge in [0.25, 0.3) is 11.1 Å². The van der Waals surface area contributed by atoms with Crippen molar-refractivity contribution in [1.82, 2.24) is 29.5 Å². The lowest BCUT2D eigenvalue weighted by molar-refractivity contribution is 0.565. The van der Waals surface area contributed by atoms with Gasteiger partial charge in [-0.2, -0.15) is 19.6 Å². The van der Waals surface area contributed by atoms with Crippen LogP contribution in [0.4, 0.5) is 0 Å². The van der Waals surface area contributed by atoms with Crippen molar-refractivity contribution in [1.29, 1.82) is 0 Å².